The Morgan fingerprint density at radius 2 is 2.20 bits per heavy atom. The van der Waals surface area contributed by atoms with Crippen molar-refractivity contribution in [1.29, 1.82) is 0 Å². The molecule has 1 amide bonds. The molecule has 2 aromatic rings. The van der Waals surface area contributed by atoms with Crippen LogP contribution >= 0.6 is 11.6 Å². The van der Waals surface area contributed by atoms with E-state index in [1.165, 1.54) is 0 Å². The van der Waals surface area contributed by atoms with Gasteiger partial charge < -0.3 is 25.3 Å². The van der Waals surface area contributed by atoms with E-state index < -0.39 is 0 Å². The summed E-state index contributed by atoms with van der Waals surface area (Å²) >= 11 is 6.11. The van der Waals surface area contributed by atoms with Crippen molar-refractivity contribution in [3.8, 4) is 0 Å². The van der Waals surface area contributed by atoms with E-state index in [0.717, 1.165) is 19.6 Å². The van der Waals surface area contributed by atoms with E-state index in [2.05, 4.69) is 32.8 Å². The summed E-state index contributed by atoms with van der Waals surface area (Å²) in [5.74, 6) is -0.203. The molecule has 1 saturated heterocycles. The van der Waals surface area contributed by atoms with Gasteiger partial charge in [-0.15, -0.1) is 0 Å². The predicted molar refractivity (Wildman–Crippen MR) is 102 cm³/mol. The van der Waals surface area contributed by atoms with Gasteiger partial charge in [0, 0.05) is 37.2 Å². The highest BCUT2D eigenvalue weighted by molar-refractivity contribution is 6.32. The highest BCUT2D eigenvalue weighted by Gasteiger charge is 2.24. The SMILES string of the molecule is CCNC(=O)c1cc(Cl)cc2nc(N3CCNC[C@@H]3C)oc12.CNC. The first-order chi connectivity index (χ1) is 12.0. The van der Waals surface area contributed by atoms with E-state index in [-0.39, 0.29) is 11.9 Å². The number of benzene rings is 1. The standard InChI is InChI=1S/C15H19ClN4O2.C2H7N/c1-3-18-14(21)11-6-10(16)7-12-13(11)22-15(19-12)20-5-4-17-8-9(20)2;1-3-2/h6-7,9,17H,3-5,8H2,1-2H3,(H,18,21);3H,1-2H3/t9-;/m0./s1. The summed E-state index contributed by atoms with van der Waals surface area (Å²) in [5.41, 5.74) is 1.51. The fourth-order valence-corrected chi connectivity index (χ4v) is 2.87. The smallest absolute Gasteiger partial charge is 0.298 e. The minimum atomic E-state index is -0.203. The van der Waals surface area contributed by atoms with Crippen LogP contribution in [-0.4, -0.2) is 57.2 Å². The van der Waals surface area contributed by atoms with Crippen LogP contribution in [0.25, 0.3) is 11.1 Å². The van der Waals surface area contributed by atoms with Gasteiger partial charge in [0.05, 0.1) is 5.56 Å². The number of amides is 1. The molecule has 25 heavy (non-hydrogen) atoms. The van der Waals surface area contributed by atoms with Gasteiger partial charge in [0.2, 0.25) is 0 Å². The third-order valence-corrected chi connectivity index (χ3v) is 3.99. The van der Waals surface area contributed by atoms with Crippen molar-refractivity contribution in [1.82, 2.24) is 20.9 Å². The Morgan fingerprint density at radius 1 is 1.48 bits per heavy atom. The van der Waals surface area contributed by atoms with E-state index in [1.807, 2.05) is 21.0 Å². The fraction of sp³-hybridized carbons (Fsp3) is 0.529. The van der Waals surface area contributed by atoms with Gasteiger partial charge in [-0.2, -0.15) is 4.98 Å². The first-order valence-corrected chi connectivity index (χ1v) is 8.83. The summed E-state index contributed by atoms with van der Waals surface area (Å²) in [7, 11) is 3.75. The van der Waals surface area contributed by atoms with E-state index in [0.29, 0.717) is 34.2 Å². The number of piperazine rings is 1. The number of rotatable bonds is 3. The lowest BCUT2D eigenvalue weighted by Gasteiger charge is -2.32. The topological polar surface area (TPSA) is 82.4 Å². The van der Waals surface area contributed by atoms with E-state index in [1.54, 1.807) is 12.1 Å². The van der Waals surface area contributed by atoms with Gasteiger partial charge in [-0.3, -0.25) is 4.79 Å². The average Bonchev–Trinajstić information content (AvgIpc) is 2.99. The maximum atomic E-state index is 12.2. The Hall–Kier alpha value is -1.83. The molecule has 8 heteroatoms. The number of fused-ring (bicyclic) bond motifs is 1. The van der Waals surface area contributed by atoms with E-state index in [9.17, 15) is 4.79 Å². The molecule has 2 heterocycles. The second kappa shape index (κ2) is 9.03. The Balaban J connectivity index is 0.000000701. The largest absolute Gasteiger partial charge is 0.423 e. The van der Waals surface area contributed by atoms with Crippen LogP contribution in [-0.2, 0) is 0 Å². The monoisotopic (exact) mass is 367 g/mol. The molecule has 3 N–H and O–H groups in total. The number of aromatic nitrogens is 1. The zero-order valence-electron chi connectivity index (χ0n) is 15.1. The number of carbonyl (C=O) groups is 1. The van der Waals surface area contributed by atoms with Gasteiger partial charge in [-0.05, 0) is 40.1 Å². The van der Waals surface area contributed by atoms with Crippen molar-refractivity contribution in [3.05, 3.63) is 22.7 Å². The number of nitrogens with one attached hydrogen (secondary N) is 3. The quantitative estimate of drug-likeness (QED) is 0.768. The highest BCUT2D eigenvalue weighted by Crippen LogP contribution is 2.29. The molecule has 1 fully saturated rings. The Morgan fingerprint density at radius 3 is 2.84 bits per heavy atom. The minimum absolute atomic E-state index is 0.203. The fourth-order valence-electron chi connectivity index (χ4n) is 2.66. The van der Waals surface area contributed by atoms with Crippen LogP contribution < -0.4 is 20.9 Å². The van der Waals surface area contributed by atoms with Crippen LogP contribution in [0.5, 0.6) is 0 Å². The molecule has 1 aromatic carbocycles. The second-order valence-corrected chi connectivity index (χ2v) is 6.34. The van der Waals surface area contributed by atoms with Crippen molar-refractivity contribution in [2.24, 2.45) is 0 Å². The normalized spacial score (nSPS) is 17.2. The van der Waals surface area contributed by atoms with Crippen LogP contribution in [0.3, 0.4) is 0 Å². The van der Waals surface area contributed by atoms with Crippen LogP contribution in [0.4, 0.5) is 6.01 Å². The van der Waals surface area contributed by atoms with Gasteiger partial charge in [0.1, 0.15) is 5.52 Å². The van der Waals surface area contributed by atoms with Crippen LogP contribution in [0.1, 0.15) is 24.2 Å². The van der Waals surface area contributed by atoms with Gasteiger partial charge in [-0.1, -0.05) is 11.6 Å². The lowest BCUT2D eigenvalue weighted by Crippen LogP contribution is -2.50. The van der Waals surface area contributed by atoms with Crippen molar-refractivity contribution in [2.45, 2.75) is 19.9 Å². The number of nitrogens with zero attached hydrogens (tertiary/aromatic N) is 2. The van der Waals surface area contributed by atoms with Crippen LogP contribution in [0.2, 0.25) is 5.02 Å². The number of carbonyl (C=O) groups excluding carboxylic acids is 1. The van der Waals surface area contributed by atoms with Crippen molar-refractivity contribution >= 4 is 34.6 Å². The summed E-state index contributed by atoms with van der Waals surface area (Å²) in [6.45, 7) is 7.10. The number of oxazole rings is 1. The average molecular weight is 368 g/mol. The molecular formula is C17H26ClN5O2. The first-order valence-electron chi connectivity index (χ1n) is 8.45. The van der Waals surface area contributed by atoms with Crippen molar-refractivity contribution in [2.75, 3.05) is 45.2 Å². The number of hydrogen-bond donors (Lipinski definition) is 3. The van der Waals surface area contributed by atoms with Crippen molar-refractivity contribution in [3.63, 3.8) is 0 Å². The van der Waals surface area contributed by atoms with Gasteiger partial charge >= 0.3 is 0 Å². The zero-order valence-corrected chi connectivity index (χ0v) is 15.9. The Bertz CT molecular complexity index is 718. The lowest BCUT2D eigenvalue weighted by molar-refractivity contribution is 0.0956. The van der Waals surface area contributed by atoms with Gasteiger partial charge in [-0.25, -0.2) is 0 Å². The molecule has 3 rings (SSSR count). The molecule has 0 saturated carbocycles. The third-order valence-electron chi connectivity index (χ3n) is 3.77. The molecule has 1 atom stereocenters. The number of anilines is 1. The Kier molecular flexibility index (Phi) is 7.04. The molecule has 0 bridgehead atoms. The van der Waals surface area contributed by atoms with Gasteiger partial charge in [0.15, 0.2) is 5.58 Å². The third kappa shape index (κ3) is 4.62. The molecule has 1 aromatic heterocycles. The molecular weight excluding hydrogens is 342 g/mol. The zero-order chi connectivity index (χ0) is 18.4. The first kappa shape index (κ1) is 19.5. The summed E-state index contributed by atoms with van der Waals surface area (Å²) < 4.78 is 5.90. The molecule has 0 radical (unpaired) electrons. The molecule has 0 unspecified atom stereocenters. The van der Waals surface area contributed by atoms with E-state index >= 15 is 0 Å². The maximum Gasteiger partial charge on any atom is 0.298 e. The number of hydrogen-bond acceptors (Lipinski definition) is 6. The summed E-state index contributed by atoms with van der Waals surface area (Å²) in [6, 6.07) is 4.16. The molecule has 1 aliphatic heterocycles. The summed E-state index contributed by atoms with van der Waals surface area (Å²) in [4.78, 5) is 18.8. The minimum Gasteiger partial charge on any atom is -0.423 e. The molecule has 0 spiro atoms. The van der Waals surface area contributed by atoms with Crippen molar-refractivity contribution < 1.29 is 9.21 Å². The van der Waals surface area contributed by atoms with Crippen LogP contribution in [0, 0.1) is 0 Å². The number of halogens is 1. The van der Waals surface area contributed by atoms with E-state index in [4.69, 9.17) is 16.0 Å². The van der Waals surface area contributed by atoms with Gasteiger partial charge in [0.25, 0.3) is 11.9 Å². The summed E-state index contributed by atoms with van der Waals surface area (Å²) in [6.07, 6.45) is 0. The van der Waals surface area contributed by atoms with Crippen LogP contribution in [0.15, 0.2) is 16.5 Å². The summed E-state index contributed by atoms with van der Waals surface area (Å²) in [5, 5.41) is 9.32. The molecule has 138 valence electrons. The predicted octanol–water partition coefficient (Wildman–Crippen LogP) is 1.86. The molecule has 0 aliphatic carbocycles. The maximum absolute atomic E-state index is 12.2. The molecule has 7 nitrogen and oxygen atoms in total. The molecule has 1 aliphatic rings. The lowest BCUT2D eigenvalue weighted by atomic mass is 10.2. The second-order valence-electron chi connectivity index (χ2n) is 5.90. The Labute approximate surface area is 153 Å². The highest BCUT2D eigenvalue weighted by atomic mass is 35.5.